The van der Waals surface area contributed by atoms with Crippen LogP contribution in [-0.4, -0.2) is 33.7 Å². The van der Waals surface area contributed by atoms with Gasteiger partial charge < -0.3 is 15.9 Å². The third-order valence-electron chi connectivity index (χ3n) is 1.25. The lowest BCUT2D eigenvalue weighted by molar-refractivity contribution is 0.0693. The highest BCUT2D eigenvalue weighted by Crippen LogP contribution is 2.19. The summed E-state index contributed by atoms with van der Waals surface area (Å²) < 4.78 is 31.6. The molecule has 0 atom stereocenters. The molecule has 16 heavy (non-hydrogen) atoms. The van der Waals surface area contributed by atoms with Crippen LogP contribution in [0.5, 0.6) is 5.75 Å². The number of nitrogen functional groups attached to an aromatic ring is 1. The van der Waals surface area contributed by atoms with Crippen molar-refractivity contribution in [2.75, 3.05) is 5.73 Å². The highest BCUT2D eigenvalue weighted by atomic mass is 32.3. The zero-order chi connectivity index (χ0) is 12.9. The minimum absolute atomic E-state index is 0.140. The molecule has 1 aromatic carbocycles. The monoisotopic (exact) mass is 251 g/mol. The Morgan fingerprint density at radius 3 is 2.00 bits per heavy atom. The quantitative estimate of drug-likeness (QED) is 0.345. The molecule has 0 fully saturated rings. The lowest BCUT2D eigenvalue weighted by atomic mass is 10.2. The Hall–Kier alpha value is -1.84. The molecule has 0 aliphatic heterocycles. The maximum atomic E-state index is 10.3. The topological polar surface area (TPSA) is 158 Å². The van der Waals surface area contributed by atoms with Gasteiger partial charge in [-0.25, -0.2) is 4.79 Å². The molecular formula is C7H9NO7S. The second-order valence-electron chi connectivity index (χ2n) is 2.53. The lowest BCUT2D eigenvalue weighted by Crippen LogP contribution is -1.97. The van der Waals surface area contributed by atoms with Crippen molar-refractivity contribution >= 4 is 22.1 Å². The number of rotatable bonds is 1. The number of hydrogen-bond donors (Lipinski definition) is 5. The van der Waals surface area contributed by atoms with Crippen molar-refractivity contribution in [2.45, 2.75) is 0 Å². The van der Waals surface area contributed by atoms with Crippen LogP contribution in [0.25, 0.3) is 0 Å². The van der Waals surface area contributed by atoms with E-state index in [-0.39, 0.29) is 11.3 Å². The second kappa shape index (κ2) is 5.30. The Bertz CT molecular complexity index is 474. The van der Waals surface area contributed by atoms with Gasteiger partial charge in [0, 0.05) is 11.8 Å². The van der Waals surface area contributed by atoms with Gasteiger partial charge in [0.1, 0.15) is 11.3 Å². The number of aromatic hydroxyl groups is 1. The second-order valence-corrected chi connectivity index (χ2v) is 3.43. The van der Waals surface area contributed by atoms with Gasteiger partial charge in [-0.2, -0.15) is 8.42 Å². The number of carbonyl (C=O) groups is 1. The zero-order valence-corrected chi connectivity index (χ0v) is 8.55. The molecule has 0 saturated carbocycles. The maximum absolute atomic E-state index is 10.3. The fourth-order valence-corrected chi connectivity index (χ4v) is 0.730. The first kappa shape index (κ1) is 14.2. The molecule has 0 unspecified atom stereocenters. The molecule has 1 aromatic rings. The molecule has 0 bridgehead atoms. The van der Waals surface area contributed by atoms with Crippen molar-refractivity contribution in [1.29, 1.82) is 0 Å². The zero-order valence-electron chi connectivity index (χ0n) is 7.73. The van der Waals surface area contributed by atoms with E-state index in [9.17, 15) is 4.79 Å². The van der Waals surface area contributed by atoms with Crippen molar-refractivity contribution in [3.8, 4) is 5.75 Å². The summed E-state index contributed by atoms with van der Waals surface area (Å²) in [6, 6.07) is 3.87. The molecule has 0 aliphatic rings. The van der Waals surface area contributed by atoms with E-state index in [1.165, 1.54) is 18.2 Å². The smallest absolute Gasteiger partial charge is 0.394 e. The molecule has 0 heterocycles. The van der Waals surface area contributed by atoms with Gasteiger partial charge in [-0.3, -0.25) is 9.11 Å². The van der Waals surface area contributed by atoms with Crippen molar-refractivity contribution < 1.29 is 32.5 Å². The molecule has 8 nitrogen and oxygen atoms in total. The highest BCUT2D eigenvalue weighted by Gasteiger charge is 2.07. The molecule has 6 N–H and O–H groups in total. The number of phenols is 1. The first-order chi connectivity index (χ1) is 7.11. The average Bonchev–Trinajstić information content (AvgIpc) is 1.99. The number of benzene rings is 1. The summed E-state index contributed by atoms with van der Waals surface area (Å²) in [5.74, 6) is -1.47. The molecular weight excluding hydrogens is 242 g/mol. The fraction of sp³-hybridized carbons (Fsp3) is 0. The normalized spacial score (nSPS) is 10.1. The lowest BCUT2D eigenvalue weighted by Gasteiger charge is -1.98. The molecule has 0 aromatic heterocycles. The number of hydrogen-bond acceptors (Lipinski definition) is 5. The van der Waals surface area contributed by atoms with Gasteiger partial charge in [0.05, 0.1) is 0 Å². The van der Waals surface area contributed by atoms with Crippen LogP contribution in [0.3, 0.4) is 0 Å². The predicted molar refractivity (Wildman–Crippen MR) is 53.7 cm³/mol. The van der Waals surface area contributed by atoms with Crippen molar-refractivity contribution in [1.82, 2.24) is 0 Å². The van der Waals surface area contributed by atoms with Gasteiger partial charge in [0.2, 0.25) is 0 Å². The van der Waals surface area contributed by atoms with Crippen LogP contribution in [0.4, 0.5) is 5.69 Å². The van der Waals surface area contributed by atoms with Crippen LogP contribution in [0.1, 0.15) is 10.4 Å². The molecule has 0 amide bonds. The number of carboxylic acids is 1. The summed E-state index contributed by atoms with van der Waals surface area (Å²) in [6.45, 7) is 0. The minimum atomic E-state index is -4.67. The Morgan fingerprint density at radius 2 is 1.69 bits per heavy atom. The molecule has 0 saturated heterocycles. The van der Waals surface area contributed by atoms with Crippen LogP contribution >= 0.6 is 0 Å². The summed E-state index contributed by atoms with van der Waals surface area (Å²) in [5.41, 5.74) is 5.48. The largest absolute Gasteiger partial charge is 0.507 e. The van der Waals surface area contributed by atoms with E-state index in [1.807, 2.05) is 0 Å². The fourth-order valence-electron chi connectivity index (χ4n) is 0.730. The molecule has 0 aliphatic carbocycles. The third kappa shape index (κ3) is 6.59. The Balaban J connectivity index is 0.000000385. The van der Waals surface area contributed by atoms with Gasteiger partial charge in [-0.05, 0) is 12.1 Å². The average molecular weight is 251 g/mol. The number of anilines is 1. The minimum Gasteiger partial charge on any atom is -0.507 e. The predicted octanol–water partition coefficient (Wildman–Crippen LogP) is 0.0198. The molecule has 90 valence electrons. The van der Waals surface area contributed by atoms with Gasteiger partial charge in [0.25, 0.3) is 0 Å². The molecule has 0 radical (unpaired) electrons. The summed E-state index contributed by atoms with van der Waals surface area (Å²) in [5, 5.41) is 17.5. The van der Waals surface area contributed by atoms with Gasteiger partial charge in [0.15, 0.2) is 0 Å². The van der Waals surface area contributed by atoms with E-state index >= 15 is 0 Å². The van der Waals surface area contributed by atoms with Crippen molar-refractivity contribution in [3.05, 3.63) is 23.8 Å². The van der Waals surface area contributed by atoms with Crippen molar-refractivity contribution in [3.63, 3.8) is 0 Å². The van der Waals surface area contributed by atoms with E-state index in [0.717, 1.165) is 0 Å². The third-order valence-corrected chi connectivity index (χ3v) is 1.25. The Labute approximate surface area is 90.5 Å². The molecule has 9 heteroatoms. The van der Waals surface area contributed by atoms with E-state index in [1.54, 1.807) is 0 Å². The SMILES string of the molecule is Nc1ccc(C(=O)O)c(O)c1.O=S(=O)(O)O. The van der Waals surface area contributed by atoms with Crippen LogP contribution in [-0.2, 0) is 10.4 Å². The summed E-state index contributed by atoms with van der Waals surface area (Å²) in [7, 11) is -4.67. The van der Waals surface area contributed by atoms with E-state index in [0.29, 0.717) is 5.69 Å². The number of nitrogens with two attached hydrogens (primary N) is 1. The van der Waals surface area contributed by atoms with Crippen molar-refractivity contribution in [2.24, 2.45) is 0 Å². The maximum Gasteiger partial charge on any atom is 0.394 e. The number of aromatic carboxylic acids is 1. The van der Waals surface area contributed by atoms with Gasteiger partial charge in [-0.1, -0.05) is 0 Å². The highest BCUT2D eigenvalue weighted by molar-refractivity contribution is 7.79. The van der Waals surface area contributed by atoms with E-state index in [4.69, 9.17) is 33.5 Å². The van der Waals surface area contributed by atoms with Crippen LogP contribution in [0.2, 0.25) is 0 Å². The standard InChI is InChI=1S/C7H7NO3.H2O4S/c8-4-1-2-5(7(10)11)6(9)3-4;1-5(2,3)4/h1-3,9H,8H2,(H,10,11);(H2,1,2,3,4). The summed E-state index contributed by atoms with van der Waals surface area (Å²) >= 11 is 0. The Morgan fingerprint density at radius 1 is 1.25 bits per heavy atom. The molecule has 1 rings (SSSR count). The first-order valence-corrected chi connectivity index (χ1v) is 5.02. The van der Waals surface area contributed by atoms with Crippen LogP contribution < -0.4 is 5.73 Å². The van der Waals surface area contributed by atoms with Gasteiger partial charge >= 0.3 is 16.4 Å². The summed E-state index contributed by atoms with van der Waals surface area (Å²) in [4.78, 5) is 10.3. The first-order valence-electron chi connectivity index (χ1n) is 3.63. The Kier molecular flexibility index (Phi) is 4.69. The summed E-state index contributed by atoms with van der Waals surface area (Å²) in [6.07, 6.45) is 0. The van der Waals surface area contributed by atoms with E-state index < -0.39 is 16.4 Å². The van der Waals surface area contributed by atoms with Crippen LogP contribution in [0, 0.1) is 0 Å². The van der Waals surface area contributed by atoms with Gasteiger partial charge in [-0.15, -0.1) is 0 Å². The van der Waals surface area contributed by atoms with Crippen LogP contribution in [0.15, 0.2) is 18.2 Å². The van der Waals surface area contributed by atoms with E-state index in [2.05, 4.69) is 0 Å². The molecule has 0 spiro atoms. The number of carboxylic acid groups (broad SMARTS) is 1.